The molecule has 33 heavy (non-hydrogen) atoms. The number of hydrogen-bond donors (Lipinski definition) is 2. The first-order valence-electron chi connectivity index (χ1n) is 10.6. The van der Waals surface area contributed by atoms with Gasteiger partial charge in [0, 0.05) is 6.42 Å². The molecule has 11 nitrogen and oxygen atoms in total. The van der Waals surface area contributed by atoms with Gasteiger partial charge in [-0.3, -0.25) is 28.9 Å². The maximum absolute atomic E-state index is 13.0. The van der Waals surface area contributed by atoms with Crippen molar-refractivity contribution in [3.05, 3.63) is 35.4 Å². The van der Waals surface area contributed by atoms with Crippen LogP contribution in [-0.4, -0.2) is 70.2 Å². The number of ether oxygens (including phenoxy) is 1. The van der Waals surface area contributed by atoms with E-state index in [4.69, 9.17) is 10.5 Å². The molecule has 2 heterocycles. The van der Waals surface area contributed by atoms with Crippen molar-refractivity contribution < 1.29 is 33.5 Å². The van der Waals surface area contributed by atoms with Crippen LogP contribution >= 0.6 is 0 Å². The van der Waals surface area contributed by atoms with E-state index in [-0.39, 0.29) is 29.9 Å². The first-order chi connectivity index (χ1) is 15.5. The molecule has 2 aliphatic heterocycles. The van der Waals surface area contributed by atoms with Gasteiger partial charge in [0.05, 0.1) is 17.2 Å². The summed E-state index contributed by atoms with van der Waals surface area (Å²) >= 11 is 0. The van der Waals surface area contributed by atoms with Crippen LogP contribution in [0.5, 0.6) is 0 Å². The highest BCUT2D eigenvalue weighted by atomic mass is 16.5. The van der Waals surface area contributed by atoms with Crippen LogP contribution in [0.1, 0.15) is 54.3 Å². The Balaban J connectivity index is 1.65. The average molecular weight is 458 g/mol. The number of piperidine rings is 1. The molecule has 1 aromatic carbocycles. The van der Waals surface area contributed by atoms with Crippen LogP contribution in [0.15, 0.2) is 24.3 Å². The summed E-state index contributed by atoms with van der Waals surface area (Å²) in [6, 6.07) is 3.15. The first kappa shape index (κ1) is 24.1. The maximum atomic E-state index is 13.0. The molecule has 176 valence electrons. The molecule has 0 saturated carbocycles. The summed E-state index contributed by atoms with van der Waals surface area (Å²) in [5, 5.41) is 2.42. The first-order valence-corrected chi connectivity index (χ1v) is 10.6. The molecule has 1 fully saturated rings. The normalized spacial score (nSPS) is 20.1. The summed E-state index contributed by atoms with van der Waals surface area (Å²) < 4.78 is 5.05. The Morgan fingerprint density at radius 3 is 2.21 bits per heavy atom. The number of amides is 5. The Morgan fingerprint density at radius 2 is 1.67 bits per heavy atom. The zero-order valence-electron chi connectivity index (χ0n) is 18.6. The zero-order valence-corrected chi connectivity index (χ0v) is 18.6. The standard InChI is InChI=1S/C22H26N4O7/c1-11(2)17(23)18(28)24-12(3)22(32)33-10-25-16(27)9-8-15(21(25)31)26-19(29)13-6-4-5-7-14(13)20(26)30/h4-7,11-12,15,17H,8-10,23H2,1-3H3,(H,24,28)/t12-,15-,17?/m0/s1. The van der Waals surface area contributed by atoms with Gasteiger partial charge in [0.1, 0.15) is 12.1 Å². The third kappa shape index (κ3) is 4.63. The highest BCUT2D eigenvalue weighted by molar-refractivity contribution is 6.23. The molecule has 1 aromatic rings. The van der Waals surface area contributed by atoms with Crippen LogP contribution in [0.3, 0.4) is 0 Å². The molecule has 3 atom stereocenters. The van der Waals surface area contributed by atoms with E-state index in [9.17, 15) is 28.8 Å². The van der Waals surface area contributed by atoms with Crippen LogP contribution in [0, 0.1) is 5.92 Å². The Hall–Kier alpha value is -3.60. The minimum absolute atomic E-state index is 0.0207. The number of fused-ring (bicyclic) bond motifs is 1. The number of benzene rings is 1. The van der Waals surface area contributed by atoms with Crippen molar-refractivity contribution in [1.82, 2.24) is 15.1 Å². The quantitative estimate of drug-likeness (QED) is 0.420. The Labute approximate surface area is 190 Å². The minimum atomic E-state index is -1.19. The second kappa shape index (κ2) is 9.49. The van der Waals surface area contributed by atoms with Crippen LogP contribution in [0.4, 0.5) is 0 Å². The van der Waals surface area contributed by atoms with Gasteiger partial charge in [-0.1, -0.05) is 26.0 Å². The molecule has 3 N–H and O–H groups in total. The predicted molar refractivity (Wildman–Crippen MR) is 113 cm³/mol. The fourth-order valence-corrected chi connectivity index (χ4v) is 3.61. The van der Waals surface area contributed by atoms with Gasteiger partial charge >= 0.3 is 5.97 Å². The van der Waals surface area contributed by atoms with E-state index in [1.807, 2.05) is 0 Å². The van der Waals surface area contributed by atoms with Crippen molar-refractivity contribution in [3.63, 3.8) is 0 Å². The van der Waals surface area contributed by atoms with Crippen LogP contribution in [0.25, 0.3) is 0 Å². The number of rotatable bonds is 7. The Bertz CT molecular complexity index is 987. The number of nitrogens with zero attached hydrogens (tertiary/aromatic N) is 2. The summed E-state index contributed by atoms with van der Waals surface area (Å²) in [4.78, 5) is 76.6. The van der Waals surface area contributed by atoms with Gasteiger partial charge in [0.2, 0.25) is 11.8 Å². The van der Waals surface area contributed by atoms with Gasteiger partial charge in [-0.15, -0.1) is 0 Å². The van der Waals surface area contributed by atoms with Crippen LogP contribution in [0.2, 0.25) is 0 Å². The van der Waals surface area contributed by atoms with E-state index in [0.717, 1.165) is 4.90 Å². The molecular formula is C22H26N4O7. The van der Waals surface area contributed by atoms with Crippen molar-refractivity contribution in [2.24, 2.45) is 11.7 Å². The van der Waals surface area contributed by atoms with Gasteiger partial charge in [-0.2, -0.15) is 0 Å². The van der Waals surface area contributed by atoms with Crippen molar-refractivity contribution in [2.75, 3.05) is 6.73 Å². The molecule has 0 radical (unpaired) electrons. The van der Waals surface area contributed by atoms with Gasteiger partial charge in [-0.05, 0) is 31.4 Å². The lowest BCUT2D eigenvalue weighted by molar-refractivity contribution is -0.165. The monoisotopic (exact) mass is 458 g/mol. The van der Waals surface area contributed by atoms with E-state index in [2.05, 4.69) is 5.32 Å². The smallest absolute Gasteiger partial charge is 0.330 e. The molecule has 1 unspecified atom stereocenters. The highest BCUT2D eigenvalue weighted by Crippen LogP contribution is 2.29. The molecule has 0 aromatic heterocycles. The minimum Gasteiger partial charge on any atom is -0.442 e. The number of nitrogens with one attached hydrogen (secondary N) is 1. The highest BCUT2D eigenvalue weighted by Gasteiger charge is 2.47. The average Bonchev–Trinajstić information content (AvgIpc) is 3.03. The lowest BCUT2D eigenvalue weighted by atomic mass is 10.0. The fourth-order valence-electron chi connectivity index (χ4n) is 3.61. The fraction of sp³-hybridized carbons (Fsp3) is 0.455. The summed E-state index contributed by atoms with van der Waals surface area (Å²) in [5.74, 6) is -4.19. The number of carbonyl (C=O) groups excluding carboxylic acids is 6. The van der Waals surface area contributed by atoms with E-state index in [0.29, 0.717) is 4.90 Å². The number of esters is 1. The van der Waals surface area contributed by atoms with E-state index in [1.54, 1.807) is 26.0 Å². The molecule has 3 rings (SSSR count). The third-order valence-corrected chi connectivity index (χ3v) is 5.69. The molecule has 0 bridgehead atoms. The van der Waals surface area contributed by atoms with Gasteiger partial charge in [0.25, 0.3) is 17.7 Å². The second-order valence-electron chi connectivity index (χ2n) is 8.33. The number of hydrogen-bond acceptors (Lipinski definition) is 8. The van der Waals surface area contributed by atoms with Crippen molar-refractivity contribution in [1.29, 1.82) is 0 Å². The van der Waals surface area contributed by atoms with Crippen molar-refractivity contribution in [2.45, 2.75) is 51.7 Å². The molecule has 0 aliphatic carbocycles. The topological polar surface area (TPSA) is 156 Å². The number of nitrogens with two attached hydrogens (primary N) is 1. The summed E-state index contributed by atoms with van der Waals surface area (Å²) in [7, 11) is 0. The van der Waals surface area contributed by atoms with Gasteiger partial charge in [-0.25, -0.2) is 9.69 Å². The van der Waals surface area contributed by atoms with E-state index >= 15 is 0 Å². The third-order valence-electron chi connectivity index (χ3n) is 5.69. The second-order valence-corrected chi connectivity index (χ2v) is 8.33. The molecule has 1 saturated heterocycles. The Kier molecular flexibility index (Phi) is 6.92. The number of imide groups is 2. The van der Waals surface area contributed by atoms with E-state index < -0.39 is 60.4 Å². The van der Waals surface area contributed by atoms with Gasteiger partial charge in [0.15, 0.2) is 6.73 Å². The van der Waals surface area contributed by atoms with Crippen molar-refractivity contribution >= 4 is 35.5 Å². The molecule has 5 amide bonds. The lowest BCUT2D eigenvalue weighted by Gasteiger charge is -2.34. The number of carbonyl (C=O) groups is 6. The summed E-state index contributed by atoms with van der Waals surface area (Å²) in [5.41, 5.74) is 6.12. The zero-order chi connectivity index (χ0) is 24.4. The maximum Gasteiger partial charge on any atom is 0.330 e. The molecular weight excluding hydrogens is 432 g/mol. The largest absolute Gasteiger partial charge is 0.442 e. The number of likely N-dealkylation sites (tertiary alicyclic amines) is 1. The SMILES string of the molecule is CC(C)C(N)C(=O)N[C@@H](C)C(=O)OCN1C(=O)CC[C@H](N2C(=O)c3ccccc3C2=O)C1=O. The predicted octanol–water partition coefficient (Wildman–Crippen LogP) is -0.211. The Morgan fingerprint density at radius 1 is 1.09 bits per heavy atom. The van der Waals surface area contributed by atoms with Gasteiger partial charge < -0.3 is 15.8 Å². The molecule has 2 aliphatic rings. The van der Waals surface area contributed by atoms with E-state index in [1.165, 1.54) is 19.1 Å². The lowest BCUT2D eigenvalue weighted by Crippen LogP contribution is -2.57. The molecule has 11 heteroatoms. The van der Waals surface area contributed by atoms with Crippen LogP contribution < -0.4 is 11.1 Å². The molecule has 0 spiro atoms. The summed E-state index contributed by atoms with van der Waals surface area (Å²) in [6.45, 7) is 4.19. The van der Waals surface area contributed by atoms with Crippen LogP contribution in [-0.2, 0) is 23.9 Å². The summed E-state index contributed by atoms with van der Waals surface area (Å²) in [6.07, 6.45) is -0.135. The van der Waals surface area contributed by atoms with Crippen molar-refractivity contribution in [3.8, 4) is 0 Å².